The van der Waals surface area contributed by atoms with E-state index in [4.69, 9.17) is 18.4 Å². The average molecular weight is 304 g/mol. The van der Waals surface area contributed by atoms with E-state index in [-0.39, 0.29) is 18.1 Å². The van der Waals surface area contributed by atoms with E-state index in [1.807, 2.05) is 0 Å². The fourth-order valence-corrected chi connectivity index (χ4v) is 2.24. The molecule has 0 aliphatic heterocycles. The van der Waals surface area contributed by atoms with Gasteiger partial charge in [-0.25, -0.2) is 0 Å². The third-order valence-corrected chi connectivity index (χ3v) is 3.63. The molecular weight excluding hydrogens is 284 g/mol. The zero-order valence-corrected chi connectivity index (χ0v) is 12.3. The number of hydrogen-bond donors (Lipinski definition) is 0. The Kier molecular flexibility index (Phi) is 8.40. The molecule has 0 aliphatic rings. The number of methoxy groups -OCH3 is 1. The Morgan fingerprint density at radius 3 is 2.00 bits per heavy atom. The van der Waals surface area contributed by atoms with Crippen LogP contribution in [-0.2, 0) is 28.5 Å². The van der Waals surface area contributed by atoms with Crippen molar-refractivity contribution in [1.29, 1.82) is 0 Å². The lowest BCUT2D eigenvalue weighted by Crippen LogP contribution is -2.14. The summed E-state index contributed by atoms with van der Waals surface area (Å²) < 4.78 is 43.5. The molecule has 0 saturated carbocycles. The highest BCUT2D eigenvalue weighted by atomic mass is 32.2. The molecule has 0 aliphatic carbocycles. The van der Waals surface area contributed by atoms with Crippen LogP contribution in [0.4, 0.5) is 0 Å². The van der Waals surface area contributed by atoms with Gasteiger partial charge in [0.25, 0.3) is 10.1 Å². The summed E-state index contributed by atoms with van der Waals surface area (Å²) >= 11 is 0. The minimum absolute atomic E-state index is 0.0186. The van der Waals surface area contributed by atoms with Gasteiger partial charge >= 0.3 is 0 Å². The van der Waals surface area contributed by atoms with Crippen molar-refractivity contribution in [3.05, 3.63) is 30.3 Å². The van der Waals surface area contributed by atoms with Gasteiger partial charge < -0.3 is 14.2 Å². The molecule has 114 valence electrons. The van der Waals surface area contributed by atoms with Gasteiger partial charge in [-0.3, -0.25) is 4.18 Å². The molecule has 1 aromatic rings. The lowest BCUT2D eigenvalue weighted by molar-refractivity contribution is 0.0184. The minimum atomic E-state index is -3.69. The third kappa shape index (κ3) is 6.97. The molecule has 0 fully saturated rings. The maximum Gasteiger partial charge on any atom is 0.297 e. The van der Waals surface area contributed by atoms with E-state index in [0.717, 1.165) is 0 Å². The van der Waals surface area contributed by atoms with Gasteiger partial charge in [-0.15, -0.1) is 0 Å². The second-order valence-corrected chi connectivity index (χ2v) is 5.42. The molecule has 0 saturated heterocycles. The summed E-state index contributed by atoms with van der Waals surface area (Å²) in [4.78, 5) is 0.142. The van der Waals surface area contributed by atoms with Crippen LogP contribution in [0.15, 0.2) is 35.2 Å². The maximum atomic E-state index is 11.7. The van der Waals surface area contributed by atoms with Crippen LogP contribution >= 0.6 is 0 Å². The summed E-state index contributed by atoms with van der Waals surface area (Å²) in [5.74, 6) is 0. The van der Waals surface area contributed by atoms with Crippen LogP contribution in [0.5, 0.6) is 0 Å². The quantitative estimate of drug-likeness (QED) is 0.450. The fourth-order valence-electron chi connectivity index (χ4n) is 1.32. The van der Waals surface area contributed by atoms with Crippen molar-refractivity contribution < 1.29 is 26.8 Å². The molecule has 0 aromatic heterocycles. The van der Waals surface area contributed by atoms with Gasteiger partial charge in [0.05, 0.1) is 44.5 Å². The molecule has 0 radical (unpaired) electrons. The van der Waals surface area contributed by atoms with E-state index in [2.05, 4.69) is 0 Å². The number of rotatable bonds is 11. The van der Waals surface area contributed by atoms with Gasteiger partial charge in [-0.2, -0.15) is 8.42 Å². The van der Waals surface area contributed by atoms with Crippen LogP contribution in [0.1, 0.15) is 0 Å². The largest absolute Gasteiger partial charge is 0.382 e. The van der Waals surface area contributed by atoms with Gasteiger partial charge in [-0.1, -0.05) is 18.2 Å². The van der Waals surface area contributed by atoms with Crippen molar-refractivity contribution in [2.24, 2.45) is 0 Å². The van der Waals surface area contributed by atoms with Gasteiger partial charge in [-0.05, 0) is 12.1 Å². The first kappa shape index (κ1) is 17.1. The van der Waals surface area contributed by atoms with E-state index < -0.39 is 10.1 Å². The van der Waals surface area contributed by atoms with Crippen molar-refractivity contribution in [2.75, 3.05) is 46.8 Å². The molecular formula is C13H20O6S. The Bertz CT molecular complexity index is 445. The lowest BCUT2D eigenvalue weighted by Gasteiger charge is -2.07. The summed E-state index contributed by atoms with van der Waals surface area (Å²) in [7, 11) is -2.09. The fraction of sp³-hybridized carbons (Fsp3) is 0.538. The number of ether oxygens (including phenoxy) is 3. The zero-order valence-electron chi connectivity index (χ0n) is 11.5. The zero-order chi connectivity index (χ0) is 14.7. The van der Waals surface area contributed by atoms with Gasteiger partial charge in [0.15, 0.2) is 0 Å². The van der Waals surface area contributed by atoms with Crippen molar-refractivity contribution in [2.45, 2.75) is 4.90 Å². The van der Waals surface area contributed by atoms with Gasteiger partial charge in [0.1, 0.15) is 0 Å². The van der Waals surface area contributed by atoms with Crippen LogP contribution in [0, 0.1) is 0 Å². The molecule has 7 heteroatoms. The van der Waals surface area contributed by atoms with Crippen LogP contribution in [0.3, 0.4) is 0 Å². The molecule has 0 unspecified atom stereocenters. The summed E-state index contributed by atoms with van der Waals surface area (Å²) in [5, 5.41) is 0. The molecule has 1 aromatic carbocycles. The van der Waals surface area contributed by atoms with Crippen LogP contribution in [-0.4, -0.2) is 55.2 Å². The summed E-state index contributed by atoms with van der Waals surface area (Å²) in [6, 6.07) is 8.00. The smallest absolute Gasteiger partial charge is 0.297 e. The van der Waals surface area contributed by atoms with Crippen molar-refractivity contribution in [3.63, 3.8) is 0 Å². The highest BCUT2D eigenvalue weighted by molar-refractivity contribution is 7.86. The summed E-state index contributed by atoms with van der Waals surface area (Å²) in [5.41, 5.74) is 0. The molecule has 0 atom stereocenters. The van der Waals surface area contributed by atoms with E-state index in [1.54, 1.807) is 25.3 Å². The molecule has 20 heavy (non-hydrogen) atoms. The van der Waals surface area contributed by atoms with Crippen molar-refractivity contribution in [1.82, 2.24) is 0 Å². The SMILES string of the molecule is COCCOCCOCCOS(=O)(=O)c1ccccc1. The summed E-state index contributed by atoms with van der Waals surface area (Å²) in [6.07, 6.45) is 0. The van der Waals surface area contributed by atoms with E-state index in [0.29, 0.717) is 26.4 Å². The second kappa shape index (κ2) is 9.84. The predicted molar refractivity (Wildman–Crippen MR) is 73.1 cm³/mol. The van der Waals surface area contributed by atoms with Crippen LogP contribution in [0.25, 0.3) is 0 Å². The summed E-state index contributed by atoms with van der Waals surface area (Å²) in [6.45, 7) is 2.05. The van der Waals surface area contributed by atoms with E-state index in [1.165, 1.54) is 12.1 Å². The Morgan fingerprint density at radius 2 is 1.40 bits per heavy atom. The third-order valence-electron chi connectivity index (χ3n) is 2.30. The topological polar surface area (TPSA) is 71.1 Å². The normalized spacial score (nSPS) is 11.7. The van der Waals surface area contributed by atoms with E-state index >= 15 is 0 Å². The molecule has 0 spiro atoms. The second-order valence-electron chi connectivity index (χ2n) is 3.81. The molecule has 6 nitrogen and oxygen atoms in total. The Labute approximate surface area is 119 Å². The lowest BCUT2D eigenvalue weighted by atomic mass is 10.4. The average Bonchev–Trinajstić information content (AvgIpc) is 2.46. The molecule has 1 rings (SSSR count). The molecule has 0 bridgehead atoms. The number of hydrogen-bond acceptors (Lipinski definition) is 6. The van der Waals surface area contributed by atoms with Gasteiger partial charge in [0, 0.05) is 7.11 Å². The molecule has 0 N–H and O–H groups in total. The predicted octanol–water partition coefficient (Wildman–Crippen LogP) is 1.07. The molecule has 0 amide bonds. The monoisotopic (exact) mass is 304 g/mol. The highest BCUT2D eigenvalue weighted by Gasteiger charge is 2.13. The Balaban J connectivity index is 2.09. The number of benzene rings is 1. The Hall–Kier alpha value is -0.990. The van der Waals surface area contributed by atoms with Crippen LogP contribution < -0.4 is 0 Å². The van der Waals surface area contributed by atoms with Crippen LogP contribution in [0.2, 0.25) is 0 Å². The van der Waals surface area contributed by atoms with Crippen molar-refractivity contribution >= 4 is 10.1 Å². The first-order chi connectivity index (χ1) is 9.67. The first-order valence-corrected chi connectivity index (χ1v) is 7.66. The maximum absolute atomic E-state index is 11.7. The minimum Gasteiger partial charge on any atom is -0.382 e. The molecule has 0 heterocycles. The standard InChI is InChI=1S/C13H20O6S/c1-16-7-8-17-9-10-18-11-12-19-20(14,15)13-5-3-2-4-6-13/h2-6H,7-12H2,1H3. The van der Waals surface area contributed by atoms with E-state index in [9.17, 15) is 8.42 Å². The highest BCUT2D eigenvalue weighted by Crippen LogP contribution is 2.10. The first-order valence-electron chi connectivity index (χ1n) is 6.26. The van der Waals surface area contributed by atoms with Gasteiger partial charge in [0.2, 0.25) is 0 Å². The van der Waals surface area contributed by atoms with Crippen molar-refractivity contribution in [3.8, 4) is 0 Å². The Morgan fingerprint density at radius 1 is 0.850 bits per heavy atom.